The second-order valence-electron chi connectivity index (χ2n) is 8.50. The molecule has 0 atom stereocenters. The van der Waals surface area contributed by atoms with Crippen LogP contribution in [-0.2, 0) is 11.8 Å². The Balaban J connectivity index is 1.57. The van der Waals surface area contributed by atoms with Gasteiger partial charge in [0.1, 0.15) is 5.54 Å². The number of urea groups is 1. The molecule has 32 heavy (non-hydrogen) atoms. The van der Waals surface area contributed by atoms with Crippen molar-refractivity contribution >= 4 is 17.7 Å². The number of rotatable bonds is 4. The molecule has 2 aromatic rings. The van der Waals surface area contributed by atoms with Crippen molar-refractivity contribution in [1.82, 2.24) is 14.8 Å². The monoisotopic (exact) mass is 440 g/mol. The number of benzene rings is 1. The van der Waals surface area contributed by atoms with Gasteiger partial charge >= 0.3 is 6.03 Å². The maximum atomic E-state index is 13.6. The second kappa shape index (κ2) is 7.55. The molecule has 0 unspecified atom stereocenters. The number of aromatic nitrogens is 1. The number of carbonyl (C=O) groups is 3. The lowest BCUT2D eigenvalue weighted by Crippen LogP contribution is -2.51. The average molecular weight is 440 g/mol. The minimum atomic E-state index is -2.85. The van der Waals surface area contributed by atoms with Crippen LogP contribution < -0.4 is 5.32 Å². The van der Waals surface area contributed by atoms with Crippen LogP contribution in [0.2, 0.25) is 0 Å². The van der Waals surface area contributed by atoms with Crippen LogP contribution in [0.3, 0.4) is 0 Å². The minimum absolute atomic E-state index is 0.155. The molecule has 1 spiro atoms. The smallest absolute Gasteiger partial charge is 0.325 e. The van der Waals surface area contributed by atoms with E-state index in [0.29, 0.717) is 11.3 Å². The number of Topliss-reactive ketones (excluding diaryl/α,β-unsaturated/α-hetero) is 1. The highest BCUT2D eigenvalue weighted by Gasteiger charge is 2.55. The van der Waals surface area contributed by atoms with Crippen LogP contribution in [0.25, 0.3) is 11.3 Å². The average Bonchev–Trinajstić information content (AvgIpc) is 3.18. The van der Waals surface area contributed by atoms with Gasteiger partial charge in [0.15, 0.2) is 5.78 Å². The maximum Gasteiger partial charge on any atom is 0.325 e. The van der Waals surface area contributed by atoms with E-state index < -0.39 is 48.6 Å². The molecule has 2 aliphatic rings. The number of aryl methyl sites for hydroxylation is 1. The quantitative estimate of drug-likeness (QED) is 0.581. The topological polar surface area (TPSA) is 95.2 Å². The minimum Gasteiger partial charge on any atom is -0.341 e. The van der Waals surface area contributed by atoms with Gasteiger partial charge in [0, 0.05) is 19.9 Å². The molecule has 166 valence electrons. The molecule has 3 amide bonds. The SMILES string of the molecule is Cc1cc(C(=O)CN2C(=O)NC3(CCC(F)(F)CC3)C2=O)n(C)c1-c1cccc(C#N)c1. The first-order valence-corrected chi connectivity index (χ1v) is 10.3. The van der Waals surface area contributed by atoms with Crippen LogP contribution in [0.4, 0.5) is 13.6 Å². The Morgan fingerprint density at radius 1 is 1.19 bits per heavy atom. The summed E-state index contributed by atoms with van der Waals surface area (Å²) in [5.41, 5.74) is 1.74. The summed E-state index contributed by atoms with van der Waals surface area (Å²) in [7, 11) is 1.70. The molecule has 2 fully saturated rings. The highest BCUT2D eigenvalue weighted by Crippen LogP contribution is 2.41. The third-order valence-electron chi connectivity index (χ3n) is 6.36. The lowest BCUT2D eigenvalue weighted by molar-refractivity contribution is -0.135. The molecule has 7 nitrogen and oxygen atoms in total. The largest absolute Gasteiger partial charge is 0.341 e. The Morgan fingerprint density at radius 2 is 1.88 bits per heavy atom. The number of carbonyl (C=O) groups excluding carboxylic acids is 3. The zero-order valence-electron chi connectivity index (χ0n) is 17.7. The zero-order valence-corrected chi connectivity index (χ0v) is 17.7. The number of amides is 3. The van der Waals surface area contributed by atoms with Crippen LogP contribution in [0.15, 0.2) is 30.3 Å². The fourth-order valence-corrected chi connectivity index (χ4v) is 4.61. The summed E-state index contributed by atoms with van der Waals surface area (Å²) in [5.74, 6) is -3.92. The zero-order chi connectivity index (χ0) is 23.3. The molecule has 2 heterocycles. The van der Waals surface area contributed by atoms with Crippen LogP contribution in [0.1, 0.15) is 47.3 Å². The Hall–Kier alpha value is -3.54. The van der Waals surface area contributed by atoms with Crippen molar-refractivity contribution in [1.29, 1.82) is 5.26 Å². The molecular formula is C23H22F2N4O3. The van der Waals surface area contributed by atoms with E-state index in [-0.39, 0.29) is 12.8 Å². The van der Waals surface area contributed by atoms with Crippen molar-refractivity contribution in [2.45, 2.75) is 44.1 Å². The third-order valence-corrected chi connectivity index (χ3v) is 6.36. The summed E-state index contributed by atoms with van der Waals surface area (Å²) < 4.78 is 28.8. The van der Waals surface area contributed by atoms with E-state index in [1.165, 1.54) is 0 Å². The maximum absolute atomic E-state index is 13.6. The van der Waals surface area contributed by atoms with E-state index >= 15 is 0 Å². The fourth-order valence-electron chi connectivity index (χ4n) is 4.61. The summed E-state index contributed by atoms with van der Waals surface area (Å²) in [5, 5.41) is 11.7. The molecule has 1 aliphatic heterocycles. The van der Waals surface area contributed by atoms with E-state index in [4.69, 9.17) is 5.26 Å². The van der Waals surface area contributed by atoms with Crippen molar-refractivity contribution in [3.63, 3.8) is 0 Å². The second-order valence-corrected chi connectivity index (χ2v) is 8.50. The van der Waals surface area contributed by atoms with Gasteiger partial charge in [-0.15, -0.1) is 0 Å². The summed E-state index contributed by atoms with van der Waals surface area (Å²) in [6, 6.07) is 10.0. The Labute approximate surface area is 183 Å². The predicted molar refractivity (Wildman–Crippen MR) is 111 cm³/mol. The molecule has 0 radical (unpaired) electrons. The molecule has 1 saturated heterocycles. The number of ketones is 1. The third kappa shape index (κ3) is 3.55. The molecule has 1 N–H and O–H groups in total. The van der Waals surface area contributed by atoms with Gasteiger partial charge in [-0.3, -0.25) is 14.5 Å². The van der Waals surface area contributed by atoms with Gasteiger partial charge < -0.3 is 9.88 Å². The van der Waals surface area contributed by atoms with Crippen molar-refractivity contribution in [3.8, 4) is 17.3 Å². The number of imide groups is 1. The summed E-state index contributed by atoms with van der Waals surface area (Å²) >= 11 is 0. The molecule has 1 aromatic carbocycles. The molecule has 1 aromatic heterocycles. The molecule has 9 heteroatoms. The van der Waals surface area contributed by atoms with Gasteiger partial charge in [0.2, 0.25) is 5.92 Å². The number of alkyl halides is 2. The van der Waals surface area contributed by atoms with Gasteiger partial charge in [-0.25, -0.2) is 13.6 Å². The van der Waals surface area contributed by atoms with Gasteiger partial charge in [-0.05, 0) is 49.1 Å². The molecular weight excluding hydrogens is 418 g/mol. The Morgan fingerprint density at radius 3 is 2.53 bits per heavy atom. The highest BCUT2D eigenvalue weighted by molar-refractivity contribution is 6.11. The van der Waals surface area contributed by atoms with Gasteiger partial charge in [0.05, 0.1) is 29.6 Å². The van der Waals surface area contributed by atoms with Gasteiger partial charge in [0.25, 0.3) is 5.91 Å². The van der Waals surface area contributed by atoms with Crippen LogP contribution in [0.5, 0.6) is 0 Å². The van der Waals surface area contributed by atoms with E-state index in [2.05, 4.69) is 11.4 Å². The van der Waals surface area contributed by atoms with Crippen LogP contribution >= 0.6 is 0 Å². The van der Waals surface area contributed by atoms with E-state index in [0.717, 1.165) is 21.7 Å². The summed E-state index contributed by atoms with van der Waals surface area (Å²) in [4.78, 5) is 39.2. The lowest BCUT2D eigenvalue weighted by atomic mass is 9.80. The van der Waals surface area contributed by atoms with Crippen LogP contribution in [0, 0.1) is 18.3 Å². The first kappa shape index (κ1) is 21.7. The standard InChI is InChI=1S/C23H22F2N4O3/c1-14-10-17(28(2)19(14)16-5-3-4-15(11-16)12-26)18(30)13-29-20(31)22(27-21(29)32)6-8-23(24,25)9-7-22/h3-5,10-11H,6-9,13H2,1-2H3,(H,27,32). The molecule has 1 saturated carbocycles. The van der Waals surface area contributed by atoms with Crippen LogP contribution in [-0.4, -0.2) is 45.2 Å². The first-order valence-electron chi connectivity index (χ1n) is 10.3. The lowest BCUT2D eigenvalue weighted by Gasteiger charge is -2.34. The van der Waals surface area contributed by atoms with Crippen molar-refractivity contribution < 1.29 is 23.2 Å². The van der Waals surface area contributed by atoms with Crippen molar-refractivity contribution in [2.24, 2.45) is 7.05 Å². The predicted octanol–water partition coefficient (Wildman–Crippen LogP) is 3.55. The number of hydrogen-bond donors (Lipinski definition) is 1. The number of halogens is 2. The Bertz CT molecular complexity index is 1170. The number of nitriles is 1. The number of nitrogens with one attached hydrogen (secondary N) is 1. The summed E-state index contributed by atoms with van der Waals surface area (Å²) in [6.07, 6.45) is -1.28. The molecule has 0 bridgehead atoms. The van der Waals surface area contributed by atoms with Crippen molar-refractivity contribution in [3.05, 3.63) is 47.2 Å². The highest BCUT2D eigenvalue weighted by atomic mass is 19.3. The first-order chi connectivity index (χ1) is 15.1. The van der Waals surface area contributed by atoms with E-state index in [1.807, 2.05) is 13.0 Å². The Kier molecular flexibility index (Phi) is 5.12. The fraction of sp³-hybridized carbons (Fsp3) is 0.391. The normalized spacial score (nSPS) is 19.2. The number of nitrogens with zero attached hydrogens (tertiary/aromatic N) is 3. The molecule has 1 aliphatic carbocycles. The van der Waals surface area contributed by atoms with E-state index in [1.54, 1.807) is 35.9 Å². The van der Waals surface area contributed by atoms with E-state index in [9.17, 15) is 23.2 Å². The number of hydrogen-bond acceptors (Lipinski definition) is 4. The van der Waals surface area contributed by atoms with Gasteiger partial charge in [-0.2, -0.15) is 5.26 Å². The molecule has 4 rings (SSSR count). The van der Waals surface area contributed by atoms with Crippen molar-refractivity contribution in [2.75, 3.05) is 6.54 Å². The summed E-state index contributed by atoms with van der Waals surface area (Å²) in [6.45, 7) is 1.36. The van der Waals surface area contributed by atoms with Gasteiger partial charge in [-0.1, -0.05) is 12.1 Å².